The van der Waals surface area contributed by atoms with Crippen molar-refractivity contribution < 1.29 is 24.1 Å². The fourth-order valence-corrected chi connectivity index (χ4v) is 2.53. The number of aliphatic imine (C=N–C) groups is 1. The highest BCUT2D eigenvalue weighted by Gasteiger charge is 2.24. The third-order valence-corrected chi connectivity index (χ3v) is 3.88. The van der Waals surface area contributed by atoms with Gasteiger partial charge in [-0.2, -0.15) is 0 Å². The number of nitrogens with zero attached hydrogens (tertiary/aromatic N) is 1. The van der Waals surface area contributed by atoms with Crippen molar-refractivity contribution >= 4 is 36.0 Å². The van der Waals surface area contributed by atoms with Crippen LogP contribution in [0.1, 0.15) is 47.1 Å². The van der Waals surface area contributed by atoms with Crippen LogP contribution in [0, 0.1) is 0 Å². The molecule has 4 N–H and O–H groups in total. The lowest BCUT2D eigenvalue weighted by molar-refractivity contribution is 0.0474. The van der Waals surface area contributed by atoms with Gasteiger partial charge in [-0.05, 0) is 59.2 Å². The third-order valence-electron chi connectivity index (χ3n) is 3.88. The van der Waals surface area contributed by atoms with Crippen LogP contribution < -0.4 is 25.4 Å². The molecule has 0 aliphatic rings. The van der Waals surface area contributed by atoms with Gasteiger partial charge in [-0.3, -0.25) is 0 Å². The van der Waals surface area contributed by atoms with Gasteiger partial charge in [0.25, 0.3) is 0 Å². The molecule has 0 saturated carbocycles. The number of ether oxygens (including phenoxy) is 3. The van der Waals surface area contributed by atoms with Gasteiger partial charge < -0.3 is 35.3 Å². The van der Waals surface area contributed by atoms with Crippen LogP contribution in [-0.4, -0.2) is 61.7 Å². The Morgan fingerprint density at radius 1 is 1.12 bits per heavy atom. The highest BCUT2D eigenvalue weighted by molar-refractivity contribution is 14.0. The van der Waals surface area contributed by atoms with Crippen molar-refractivity contribution in [3.05, 3.63) is 23.8 Å². The zero-order valence-corrected chi connectivity index (χ0v) is 22.5. The number of halogens is 1. The Bertz CT molecular complexity index is 736. The van der Waals surface area contributed by atoms with Crippen LogP contribution in [0.15, 0.2) is 23.2 Å². The van der Waals surface area contributed by atoms with Crippen LogP contribution >= 0.6 is 24.0 Å². The highest BCUT2D eigenvalue weighted by atomic mass is 127. The molecule has 1 amide bonds. The van der Waals surface area contributed by atoms with Crippen molar-refractivity contribution in [2.45, 2.75) is 59.2 Å². The summed E-state index contributed by atoms with van der Waals surface area (Å²) in [4.78, 5) is 16.7. The van der Waals surface area contributed by atoms with E-state index >= 15 is 0 Å². The van der Waals surface area contributed by atoms with Gasteiger partial charge in [-0.25, -0.2) is 9.79 Å². The number of carbonyl (C=O) groups is 1. The van der Waals surface area contributed by atoms with Gasteiger partial charge in [0.15, 0.2) is 17.5 Å². The average Bonchev–Trinajstić information content (AvgIpc) is 2.66. The minimum absolute atomic E-state index is 0. The summed E-state index contributed by atoms with van der Waals surface area (Å²) in [7, 11) is 1.57. The summed E-state index contributed by atoms with van der Waals surface area (Å²) < 4.78 is 16.1. The second kappa shape index (κ2) is 14.2. The normalized spacial score (nSPS) is 11.8. The molecule has 9 nitrogen and oxygen atoms in total. The Labute approximate surface area is 208 Å². The van der Waals surface area contributed by atoms with Crippen molar-refractivity contribution in [2.24, 2.45) is 4.99 Å². The van der Waals surface area contributed by atoms with Gasteiger partial charge in [-0.15, -0.1) is 24.0 Å². The van der Waals surface area contributed by atoms with E-state index in [9.17, 15) is 4.79 Å². The first-order valence-corrected chi connectivity index (χ1v) is 10.4. The molecule has 0 unspecified atom stereocenters. The van der Waals surface area contributed by atoms with Crippen LogP contribution in [-0.2, 0) is 11.3 Å². The molecule has 0 bridgehead atoms. The minimum atomic E-state index is -0.552. The Balaban J connectivity index is 0.00000961. The maximum atomic E-state index is 12.1. The van der Waals surface area contributed by atoms with Gasteiger partial charge in [0.05, 0.1) is 25.8 Å². The van der Waals surface area contributed by atoms with Gasteiger partial charge >= 0.3 is 6.09 Å². The summed E-state index contributed by atoms with van der Waals surface area (Å²) in [5, 5.41) is 18.2. The first-order valence-electron chi connectivity index (χ1n) is 10.4. The topological polar surface area (TPSA) is 113 Å². The SMILES string of the molecule is CCNC(=NCc1ccc(OCCO)c(OC)c1)NCC(C)(C)NC(=O)OC(C)(C)C.I. The lowest BCUT2D eigenvalue weighted by Crippen LogP contribution is -2.54. The summed E-state index contributed by atoms with van der Waals surface area (Å²) in [6, 6.07) is 5.55. The summed E-state index contributed by atoms with van der Waals surface area (Å²) in [6.07, 6.45) is -0.461. The molecule has 0 aromatic heterocycles. The van der Waals surface area contributed by atoms with Gasteiger partial charge in [0.1, 0.15) is 12.2 Å². The highest BCUT2D eigenvalue weighted by Crippen LogP contribution is 2.28. The lowest BCUT2D eigenvalue weighted by Gasteiger charge is -2.29. The number of aliphatic hydroxyl groups is 1. The summed E-state index contributed by atoms with van der Waals surface area (Å²) >= 11 is 0. The number of methoxy groups -OCH3 is 1. The summed E-state index contributed by atoms with van der Waals surface area (Å²) in [6.45, 7) is 13.0. The van der Waals surface area contributed by atoms with Crippen LogP contribution in [0.4, 0.5) is 4.79 Å². The van der Waals surface area contributed by atoms with Gasteiger partial charge in [0.2, 0.25) is 0 Å². The maximum absolute atomic E-state index is 12.1. The number of nitrogens with one attached hydrogen (secondary N) is 3. The Kier molecular flexibility index (Phi) is 13.4. The van der Waals surface area contributed by atoms with Crippen LogP contribution in [0.25, 0.3) is 0 Å². The molecule has 0 atom stereocenters. The molecule has 0 heterocycles. The number of rotatable bonds is 10. The number of hydrogen-bond donors (Lipinski definition) is 4. The van der Waals surface area contributed by atoms with E-state index in [4.69, 9.17) is 19.3 Å². The summed E-state index contributed by atoms with van der Waals surface area (Å²) in [5.74, 6) is 1.78. The van der Waals surface area contributed by atoms with E-state index in [1.165, 1.54) is 0 Å². The van der Waals surface area contributed by atoms with Crippen LogP contribution in [0.3, 0.4) is 0 Å². The molecule has 0 saturated heterocycles. The predicted octanol–water partition coefficient (Wildman–Crippen LogP) is 3.04. The molecule has 10 heteroatoms. The van der Waals surface area contributed by atoms with Crippen molar-refractivity contribution in [1.29, 1.82) is 0 Å². The van der Waals surface area contributed by atoms with E-state index in [0.717, 1.165) is 5.56 Å². The van der Waals surface area contributed by atoms with E-state index < -0.39 is 17.2 Å². The predicted molar refractivity (Wildman–Crippen MR) is 137 cm³/mol. The second-order valence-corrected chi connectivity index (χ2v) is 8.62. The molecule has 32 heavy (non-hydrogen) atoms. The van der Waals surface area contributed by atoms with E-state index in [-0.39, 0.29) is 37.2 Å². The first-order chi connectivity index (χ1) is 14.5. The van der Waals surface area contributed by atoms with Crippen molar-refractivity contribution in [2.75, 3.05) is 33.4 Å². The zero-order chi connectivity index (χ0) is 23.5. The molecule has 1 rings (SSSR count). The number of benzene rings is 1. The molecule has 0 spiro atoms. The zero-order valence-electron chi connectivity index (χ0n) is 20.2. The fourth-order valence-electron chi connectivity index (χ4n) is 2.53. The molecule has 1 aromatic carbocycles. The lowest BCUT2D eigenvalue weighted by atomic mass is 10.1. The van der Waals surface area contributed by atoms with Crippen molar-refractivity contribution in [3.8, 4) is 11.5 Å². The standard InChI is InChI=1S/C22H38N4O5.HI/c1-8-23-19(25-15-22(5,6)26-20(28)31-21(2,3)4)24-14-16-9-10-17(30-12-11-27)18(13-16)29-7;/h9-10,13,27H,8,11-12,14-15H2,1-7H3,(H,26,28)(H2,23,24,25);1H. The minimum Gasteiger partial charge on any atom is -0.493 e. The number of aliphatic hydroxyl groups excluding tert-OH is 1. The van der Waals surface area contributed by atoms with Crippen molar-refractivity contribution in [3.63, 3.8) is 0 Å². The Morgan fingerprint density at radius 2 is 1.81 bits per heavy atom. The molecular weight excluding hydrogens is 527 g/mol. The van der Waals surface area contributed by atoms with Gasteiger partial charge in [-0.1, -0.05) is 6.07 Å². The largest absolute Gasteiger partial charge is 0.493 e. The monoisotopic (exact) mass is 566 g/mol. The molecule has 0 radical (unpaired) electrons. The van der Waals surface area contributed by atoms with Crippen LogP contribution in [0.5, 0.6) is 11.5 Å². The van der Waals surface area contributed by atoms with Gasteiger partial charge in [0, 0.05) is 13.1 Å². The molecule has 0 aliphatic heterocycles. The van der Waals surface area contributed by atoms with E-state index in [1.54, 1.807) is 13.2 Å². The fraction of sp³-hybridized carbons (Fsp3) is 0.636. The average molecular weight is 566 g/mol. The smallest absolute Gasteiger partial charge is 0.408 e. The van der Waals surface area contributed by atoms with Crippen LogP contribution in [0.2, 0.25) is 0 Å². The number of hydrogen-bond acceptors (Lipinski definition) is 6. The Morgan fingerprint density at radius 3 is 2.38 bits per heavy atom. The number of amides is 1. The molecule has 184 valence electrons. The number of guanidine groups is 1. The maximum Gasteiger partial charge on any atom is 0.408 e. The van der Waals surface area contributed by atoms with E-state index in [1.807, 2.05) is 53.7 Å². The summed E-state index contributed by atoms with van der Waals surface area (Å²) in [5.41, 5.74) is -0.159. The molecule has 0 fully saturated rings. The third kappa shape index (κ3) is 12.2. The van der Waals surface area contributed by atoms with E-state index in [0.29, 0.717) is 37.1 Å². The second-order valence-electron chi connectivity index (χ2n) is 8.62. The molecule has 1 aromatic rings. The first kappa shape index (κ1) is 30.0. The number of carbonyl (C=O) groups excluding carboxylic acids is 1. The number of alkyl carbamates (subject to hydrolysis) is 1. The van der Waals surface area contributed by atoms with E-state index in [2.05, 4.69) is 20.9 Å². The van der Waals surface area contributed by atoms with Crippen molar-refractivity contribution in [1.82, 2.24) is 16.0 Å². The quantitative estimate of drug-likeness (QED) is 0.196. The Hall–Kier alpha value is -1.95. The molecule has 0 aliphatic carbocycles. The molecular formula is C22H39IN4O5.